The fourth-order valence-electron chi connectivity index (χ4n) is 4.08. The summed E-state index contributed by atoms with van der Waals surface area (Å²) in [5, 5.41) is 0.921. The summed E-state index contributed by atoms with van der Waals surface area (Å²) in [4.78, 5) is 19.4. The first-order chi connectivity index (χ1) is 14.8. The molecule has 1 aliphatic rings. The molecule has 0 saturated carbocycles. The first-order valence-electron chi connectivity index (χ1n) is 10.2. The molecule has 0 spiro atoms. The maximum absolute atomic E-state index is 13.4. The van der Waals surface area contributed by atoms with Crippen LogP contribution in [0, 0.1) is 0 Å². The van der Waals surface area contributed by atoms with Gasteiger partial charge >= 0.3 is 0 Å². The number of carbonyl (C=O) groups is 1. The molecule has 1 aliphatic heterocycles. The Bertz CT molecular complexity index is 1130. The van der Waals surface area contributed by atoms with Crippen LogP contribution in [-0.4, -0.2) is 33.4 Å². The molecule has 0 bridgehead atoms. The molecule has 0 unspecified atom stereocenters. The van der Waals surface area contributed by atoms with Crippen LogP contribution in [0.5, 0.6) is 5.75 Å². The number of amides is 1. The highest BCUT2D eigenvalue weighted by Crippen LogP contribution is 2.30. The van der Waals surface area contributed by atoms with E-state index >= 15 is 0 Å². The molecule has 6 nitrogen and oxygen atoms in total. The smallest absolute Gasteiger partial charge is 0.290 e. The van der Waals surface area contributed by atoms with Crippen LogP contribution in [0.3, 0.4) is 0 Å². The number of carbonyl (C=O) groups excluding carboxylic acids is 1. The van der Waals surface area contributed by atoms with Gasteiger partial charge in [-0.2, -0.15) is 0 Å². The Balaban J connectivity index is 1.37. The van der Waals surface area contributed by atoms with Gasteiger partial charge in [0.15, 0.2) is 5.76 Å². The Morgan fingerprint density at radius 2 is 1.83 bits per heavy atom. The summed E-state index contributed by atoms with van der Waals surface area (Å²) in [6, 6.07) is 17.7. The summed E-state index contributed by atoms with van der Waals surface area (Å²) in [5.41, 5.74) is 1.51. The van der Waals surface area contributed by atoms with E-state index < -0.39 is 0 Å². The van der Waals surface area contributed by atoms with Crippen molar-refractivity contribution in [3.63, 3.8) is 0 Å². The standard InChI is InChI=1S/C24H23N3O3/c28-24(26-13-10-18(11-14-26)27-15-12-25-17-27)23-21(16-29-19-6-2-1-3-7-19)20-8-4-5-9-22(20)30-23/h1-9,12,15,17-18H,10-11,13-14,16H2. The second-order valence-corrected chi connectivity index (χ2v) is 7.54. The molecule has 3 heterocycles. The average molecular weight is 401 g/mol. The number of aromatic nitrogens is 2. The second-order valence-electron chi connectivity index (χ2n) is 7.54. The van der Waals surface area contributed by atoms with E-state index in [9.17, 15) is 4.79 Å². The fraction of sp³-hybridized carbons (Fsp3) is 0.250. The summed E-state index contributed by atoms with van der Waals surface area (Å²) < 4.78 is 14.1. The van der Waals surface area contributed by atoms with E-state index in [1.54, 1.807) is 6.20 Å². The minimum atomic E-state index is -0.0676. The van der Waals surface area contributed by atoms with E-state index in [0.29, 0.717) is 30.5 Å². The normalized spacial score (nSPS) is 14.9. The highest BCUT2D eigenvalue weighted by Gasteiger charge is 2.29. The number of furan rings is 1. The maximum Gasteiger partial charge on any atom is 0.290 e. The van der Waals surface area contributed by atoms with Gasteiger partial charge in [0.2, 0.25) is 0 Å². The lowest BCUT2D eigenvalue weighted by atomic mass is 10.0. The molecule has 1 saturated heterocycles. The Kier molecular flexibility index (Phi) is 4.97. The highest BCUT2D eigenvalue weighted by molar-refractivity contribution is 5.99. The lowest BCUT2D eigenvalue weighted by Gasteiger charge is -2.32. The molecule has 6 heteroatoms. The van der Waals surface area contributed by atoms with E-state index in [-0.39, 0.29) is 12.5 Å². The van der Waals surface area contributed by atoms with Crippen molar-refractivity contribution in [1.29, 1.82) is 0 Å². The maximum atomic E-state index is 13.4. The van der Waals surface area contributed by atoms with Gasteiger partial charge in [0.05, 0.1) is 6.33 Å². The summed E-state index contributed by atoms with van der Waals surface area (Å²) in [6.07, 6.45) is 7.43. The van der Waals surface area contributed by atoms with Crippen LogP contribution in [0.2, 0.25) is 0 Å². The van der Waals surface area contributed by atoms with Gasteiger partial charge < -0.3 is 18.6 Å². The summed E-state index contributed by atoms with van der Waals surface area (Å²) in [7, 11) is 0. The third-order valence-corrected chi connectivity index (χ3v) is 5.72. The van der Waals surface area contributed by atoms with E-state index in [1.807, 2.05) is 72.0 Å². The summed E-state index contributed by atoms with van der Waals surface area (Å²) in [6.45, 7) is 1.67. The average Bonchev–Trinajstić information content (AvgIpc) is 3.46. The molecule has 30 heavy (non-hydrogen) atoms. The van der Waals surface area contributed by atoms with Crippen molar-refractivity contribution in [2.75, 3.05) is 13.1 Å². The van der Waals surface area contributed by atoms with Gasteiger partial charge in [-0.1, -0.05) is 36.4 Å². The predicted octanol–water partition coefficient (Wildman–Crippen LogP) is 4.69. The number of rotatable bonds is 5. The van der Waals surface area contributed by atoms with Gasteiger partial charge in [-0.05, 0) is 31.0 Å². The van der Waals surface area contributed by atoms with Crippen LogP contribution in [0.4, 0.5) is 0 Å². The van der Waals surface area contributed by atoms with Gasteiger partial charge in [-0.3, -0.25) is 4.79 Å². The van der Waals surface area contributed by atoms with Crippen molar-refractivity contribution in [3.05, 3.63) is 84.6 Å². The molecule has 0 radical (unpaired) electrons. The molecule has 1 amide bonds. The number of likely N-dealkylation sites (tertiary alicyclic amines) is 1. The number of para-hydroxylation sites is 2. The second kappa shape index (κ2) is 8.06. The molecular formula is C24H23N3O3. The molecule has 4 aromatic rings. The first kappa shape index (κ1) is 18.5. The highest BCUT2D eigenvalue weighted by atomic mass is 16.5. The number of hydrogen-bond donors (Lipinski definition) is 0. The van der Waals surface area contributed by atoms with E-state index in [0.717, 1.165) is 29.5 Å². The van der Waals surface area contributed by atoms with Crippen molar-refractivity contribution >= 4 is 16.9 Å². The van der Waals surface area contributed by atoms with Crippen LogP contribution >= 0.6 is 0 Å². The Morgan fingerprint density at radius 3 is 2.60 bits per heavy atom. The Labute approximate surface area is 174 Å². The lowest BCUT2D eigenvalue weighted by molar-refractivity contribution is 0.0661. The van der Waals surface area contributed by atoms with Gasteiger partial charge in [-0.25, -0.2) is 4.98 Å². The number of nitrogens with zero attached hydrogens (tertiary/aromatic N) is 3. The molecule has 0 N–H and O–H groups in total. The first-order valence-corrected chi connectivity index (χ1v) is 10.2. The third-order valence-electron chi connectivity index (χ3n) is 5.72. The van der Waals surface area contributed by atoms with Crippen molar-refractivity contribution in [2.24, 2.45) is 0 Å². The lowest BCUT2D eigenvalue weighted by Crippen LogP contribution is -2.39. The Hall–Kier alpha value is -3.54. The van der Waals surface area contributed by atoms with Crippen LogP contribution < -0.4 is 4.74 Å². The van der Waals surface area contributed by atoms with Crippen LogP contribution in [0.1, 0.15) is 35.0 Å². The zero-order valence-corrected chi connectivity index (χ0v) is 16.6. The number of benzene rings is 2. The minimum Gasteiger partial charge on any atom is -0.489 e. The SMILES string of the molecule is O=C(c1oc2ccccc2c1COc1ccccc1)N1CCC(n2ccnc2)CC1. The zero-order valence-electron chi connectivity index (χ0n) is 16.6. The molecular weight excluding hydrogens is 378 g/mol. The monoisotopic (exact) mass is 401 g/mol. The summed E-state index contributed by atoms with van der Waals surface area (Å²) in [5.74, 6) is 1.08. The fourth-order valence-corrected chi connectivity index (χ4v) is 4.08. The molecule has 2 aromatic carbocycles. The van der Waals surface area contributed by atoms with Crippen LogP contribution in [0.25, 0.3) is 11.0 Å². The van der Waals surface area contributed by atoms with Gasteiger partial charge in [0.25, 0.3) is 5.91 Å². The number of piperidine rings is 1. The van der Waals surface area contributed by atoms with Crippen LogP contribution in [0.15, 0.2) is 77.7 Å². The number of hydrogen-bond acceptors (Lipinski definition) is 4. The van der Waals surface area contributed by atoms with Gasteiger partial charge in [-0.15, -0.1) is 0 Å². The van der Waals surface area contributed by atoms with Crippen molar-refractivity contribution in [1.82, 2.24) is 14.5 Å². The predicted molar refractivity (Wildman–Crippen MR) is 113 cm³/mol. The van der Waals surface area contributed by atoms with Crippen molar-refractivity contribution in [2.45, 2.75) is 25.5 Å². The quantitative estimate of drug-likeness (QED) is 0.487. The number of imidazole rings is 1. The number of fused-ring (bicyclic) bond motifs is 1. The van der Waals surface area contributed by atoms with Gasteiger partial charge in [0.1, 0.15) is 17.9 Å². The van der Waals surface area contributed by atoms with Gasteiger partial charge in [0, 0.05) is 42.5 Å². The minimum absolute atomic E-state index is 0.0676. The molecule has 5 rings (SSSR count). The molecule has 1 fully saturated rings. The number of ether oxygens (including phenoxy) is 1. The molecule has 0 atom stereocenters. The molecule has 0 aliphatic carbocycles. The van der Waals surface area contributed by atoms with E-state index in [1.165, 1.54) is 0 Å². The zero-order chi connectivity index (χ0) is 20.3. The molecule has 152 valence electrons. The third kappa shape index (κ3) is 3.56. The topological polar surface area (TPSA) is 60.5 Å². The van der Waals surface area contributed by atoms with Crippen molar-refractivity contribution < 1.29 is 13.9 Å². The largest absolute Gasteiger partial charge is 0.489 e. The van der Waals surface area contributed by atoms with E-state index in [4.69, 9.17) is 9.15 Å². The van der Waals surface area contributed by atoms with Crippen molar-refractivity contribution in [3.8, 4) is 5.75 Å². The summed E-state index contributed by atoms with van der Waals surface area (Å²) >= 11 is 0. The van der Waals surface area contributed by atoms with E-state index in [2.05, 4.69) is 9.55 Å². The Morgan fingerprint density at radius 1 is 1.07 bits per heavy atom. The molecule has 2 aromatic heterocycles. The van der Waals surface area contributed by atoms with Crippen LogP contribution in [-0.2, 0) is 6.61 Å².